The molecule has 3 aromatic carbocycles. The minimum atomic E-state index is -0.278. The van der Waals surface area contributed by atoms with Gasteiger partial charge in [-0.25, -0.2) is 4.98 Å². The summed E-state index contributed by atoms with van der Waals surface area (Å²) in [5, 5.41) is 6.18. The first kappa shape index (κ1) is 30.7. The average molecular weight is 592 g/mol. The monoisotopic (exact) mass is 591 g/mol. The number of hydrogen-bond acceptors (Lipinski definition) is 5. The van der Waals surface area contributed by atoms with Gasteiger partial charge in [0.25, 0.3) is 17.4 Å². The molecular weight excluding hydrogens is 550 g/mol. The molecule has 2 amide bonds. The van der Waals surface area contributed by atoms with Crippen molar-refractivity contribution in [1.82, 2.24) is 14.5 Å². The third-order valence-electron chi connectivity index (χ3n) is 8.23. The number of carbonyl (C=O) groups excluding carboxylic acids is 2. The zero-order chi connectivity index (χ0) is 31.4. The molecule has 1 aliphatic heterocycles. The molecule has 1 saturated heterocycles. The third kappa shape index (κ3) is 6.91. The van der Waals surface area contributed by atoms with E-state index in [-0.39, 0.29) is 28.6 Å². The number of amides is 2. The zero-order valence-electron chi connectivity index (χ0n) is 26.2. The maximum atomic E-state index is 13.1. The highest BCUT2D eigenvalue weighted by molar-refractivity contribution is 6.05. The second kappa shape index (κ2) is 12.9. The van der Waals surface area contributed by atoms with E-state index in [9.17, 15) is 14.4 Å². The van der Waals surface area contributed by atoms with Crippen molar-refractivity contribution in [2.75, 3.05) is 23.7 Å². The molecule has 8 heteroatoms. The number of nitrogens with zero attached hydrogens (tertiary/aromatic N) is 3. The van der Waals surface area contributed by atoms with Gasteiger partial charge in [-0.05, 0) is 78.8 Å². The molecule has 0 aliphatic carbocycles. The molecule has 0 radical (unpaired) electrons. The Labute approximate surface area is 259 Å². The number of benzene rings is 3. The highest BCUT2D eigenvalue weighted by Crippen LogP contribution is 2.29. The number of anilines is 3. The van der Waals surface area contributed by atoms with Crippen molar-refractivity contribution in [2.45, 2.75) is 58.8 Å². The van der Waals surface area contributed by atoms with Crippen molar-refractivity contribution >= 4 is 29.0 Å². The Balaban J connectivity index is 1.35. The van der Waals surface area contributed by atoms with Gasteiger partial charge in [0, 0.05) is 54.4 Å². The fourth-order valence-electron chi connectivity index (χ4n) is 5.47. The Hall–Kier alpha value is -4.72. The van der Waals surface area contributed by atoms with Crippen LogP contribution in [0, 0.1) is 6.92 Å². The molecule has 1 aromatic heterocycles. The Morgan fingerprint density at radius 1 is 0.841 bits per heavy atom. The number of aryl methyl sites for hydroxylation is 1. The minimum Gasteiger partial charge on any atom is -0.339 e. The molecule has 44 heavy (non-hydrogen) atoms. The molecule has 1 aliphatic rings. The van der Waals surface area contributed by atoms with Gasteiger partial charge in [-0.1, -0.05) is 57.9 Å². The lowest BCUT2D eigenvalue weighted by Gasteiger charge is -2.20. The molecule has 5 rings (SSSR count). The highest BCUT2D eigenvalue weighted by Gasteiger charge is 2.19. The molecule has 8 nitrogen and oxygen atoms in total. The lowest BCUT2D eigenvalue weighted by atomic mass is 9.86. The zero-order valence-corrected chi connectivity index (χ0v) is 26.2. The van der Waals surface area contributed by atoms with Crippen LogP contribution in [0.25, 0.3) is 11.3 Å². The minimum absolute atomic E-state index is 0.00524. The van der Waals surface area contributed by atoms with E-state index in [0.29, 0.717) is 28.2 Å². The van der Waals surface area contributed by atoms with E-state index in [1.54, 1.807) is 37.5 Å². The van der Waals surface area contributed by atoms with E-state index in [2.05, 4.69) is 36.4 Å². The fraction of sp³-hybridized carbons (Fsp3) is 0.333. The number of likely N-dealkylation sites (tertiary alicyclic amines) is 1. The summed E-state index contributed by atoms with van der Waals surface area (Å²) >= 11 is 0. The van der Waals surface area contributed by atoms with Gasteiger partial charge >= 0.3 is 0 Å². The number of nitrogens with one attached hydrogen (secondary N) is 2. The predicted molar refractivity (Wildman–Crippen MR) is 177 cm³/mol. The maximum absolute atomic E-state index is 13.1. The second-order valence-electron chi connectivity index (χ2n) is 12.6. The summed E-state index contributed by atoms with van der Waals surface area (Å²) < 4.78 is 1.49. The first-order valence-electron chi connectivity index (χ1n) is 15.3. The summed E-state index contributed by atoms with van der Waals surface area (Å²) in [6.07, 6.45) is 6.10. The van der Waals surface area contributed by atoms with E-state index in [1.807, 2.05) is 54.3 Å². The Morgan fingerprint density at radius 2 is 1.48 bits per heavy atom. The summed E-state index contributed by atoms with van der Waals surface area (Å²) in [6.45, 7) is 9.93. The Morgan fingerprint density at radius 3 is 2.11 bits per heavy atom. The molecule has 1 fully saturated rings. The number of carbonyl (C=O) groups is 2. The summed E-state index contributed by atoms with van der Waals surface area (Å²) in [5.74, 6) is 0.0162. The quantitative estimate of drug-likeness (QED) is 0.250. The molecule has 2 heterocycles. The van der Waals surface area contributed by atoms with Gasteiger partial charge in [0.1, 0.15) is 0 Å². The standard InChI is InChI=1S/C36H41N5O3/c1-24-29(11-10-12-30(24)39-33(42)25-13-17-27(18-14-25)36(2,3)4)31-23-40(5)35(44)32(38-31)37-28-19-15-26(16-20-28)34(43)41-21-8-6-7-9-22-41/h10-20,23H,6-9,21-22H2,1-5H3,(H,37,38)(H,39,42). The maximum Gasteiger partial charge on any atom is 0.293 e. The fourth-order valence-corrected chi connectivity index (χ4v) is 5.47. The van der Waals surface area contributed by atoms with Crippen LogP contribution in [0.2, 0.25) is 0 Å². The SMILES string of the molecule is Cc1c(NC(=O)c2ccc(C(C)(C)C)cc2)cccc1-c1cn(C)c(=O)c(Nc2ccc(C(=O)N3CCCCCC3)cc2)n1. The first-order valence-corrected chi connectivity index (χ1v) is 15.3. The molecule has 0 bridgehead atoms. The van der Waals surface area contributed by atoms with Crippen molar-refractivity contribution < 1.29 is 9.59 Å². The first-order chi connectivity index (χ1) is 21.0. The topological polar surface area (TPSA) is 96.3 Å². The molecular formula is C36H41N5O3. The normalized spacial score (nSPS) is 13.7. The third-order valence-corrected chi connectivity index (χ3v) is 8.23. The summed E-state index contributed by atoms with van der Waals surface area (Å²) in [5.41, 5.74) is 5.64. The van der Waals surface area contributed by atoms with Crippen molar-refractivity contribution in [3.63, 3.8) is 0 Å². The van der Waals surface area contributed by atoms with E-state index in [4.69, 9.17) is 0 Å². The Bertz CT molecular complexity index is 1710. The van der Waals surface area contributed by atoms with Crippen molar-refractivity contribution in [3.8, 4) is 11.3 Å². The van der Waals surface area contributed by atoms with Crippen LogP contribution in [0.3, 0.4) is 0 Å². The summed E-state index contributed by atoms with van der Waals surface area (Å²) in [7, 11) is 1.68. The van der Waals surface area contributed by atoms with Gasteiger partial charge in [0.05, 0.1) is 5.69 Å². The summed E-state index contributed by atoms with van der Waals surface area (Å²) in [4.78, 5) is 45.7. The summed E-state index contributed by atoms with van der Waals surface area (Å²) in [6, 6.07) is 20.5. The van der Waals surface area contributed by atoms with Crippen LogP contribution in [-0.2, 0) is 12.5 Å². The smallest absolute Gasteiger partial charge is 0.293 e. The number of aromatic nitrogens is 2. The van der Waals surface area contributed by atoms with E-state index >= 15 is 0 Å². The van der Waals surface area contributed by atoms with Crippen LogP contribution >= 0.6 is 0 Å². The van der Waals surface area contributed by atoms with Crippen molar-refractivity contribution in [2.24, 2.45) is 7.05 Å². The van der Waals surface area contributed by atoms with E-state index in [0.717, 1.165) is 42.6 Å². The highest BCUT2D eigenvalue weighted by atomic mass is 16.2. The van der Waals surface area contributed by atoms with Crippen LogP contribution in [0.5, 0.6) is 0 Å². The predicted octanol–water partition coefficient (Wildman–Crippen LogP) is 7.07. The van der Waals surface area contributed by atoms with Gasteiger partial charge in [-0.2, -0.15) is 0 Å². The molecule has 0 saturated carbocycles. The largest absolute Gasteiger partial charge is 0.339 e. The van der Waals surface area contributed by atoms with Crippen LogP contribution in [-0.4, -0.2) is 39.4 Å². The van der Waals surface area contributed by atoms with E-state index < -0.39 is 0 Å². The average Bonchev–Trinajstić information content (AvgIpc) is 3.30. The molecule has 2 N–H and O–H groups in total. The molecule has 0 spiro atoms. The van der Waals surface area contributed by atoms with Crippen LogP contribution in [0.15, 0.2) is 77.7 Å². The lowest BCUT2D eigenvalue weighted by molar-refractivity contribution is 0.0761. The van der Waals surface area contributed by atoms with Crippen LogP contribution < -0.4 is 16.2 Å². The number of rotatable bonds is 6. The van der Waals surface area contributed by atoms with Gasteiger partial charge < -0.3 is 20.1 Å². The van der Waals surface area contributed by atoms with E-state index in [1.165, 1.54) is 17.4 Å². The second-order valence-corrected chi connectivity index (χ2v) is 12.6. The Kier molecular flexibility index (Phi) is 8.99. The van der Waals surface area contributed by atoms with Crippen molar-refractivity contribution in [1.29, 1.82) is 0 Å². The molecule has 4 aromatic rings. The molecule has 0 unspecified atom stereocenters. The molecule has 0 atom stereocenters. The van der Waals surface area contributed by atoms with Gasteiger partial charge in [-0.15, -0.1) is 0 Å². The van der Waals surface area contributed by atoms with Crippen LogP contribution in [0.1, 0.15) is 78.3 Å². The van der Waals surface area contributed by atoms with Gasteiger partial charge in [-0.3, -0.25) is 14.4 Å². The number of hydrogen-bond donors (Lipinski definition) is 2. The lowest BCUT2D eigenvalue weighted by Crippen LogP contribution is -2.31. The van der Waals surface area contributed by atoms with Gasteiger partial charge in [0.15, 0.2) is 5.82 Å². The van der Waals surface area contributed by atoms with Crippen LogP contribution in [0.4, 0.5) is 17.2 Å². The van der Waals surface area contributed by atoms with Gasteiger partial charge in [0.2, 0.25) is 0 Å². The van der Waals surface area contributed by atoms with Crippen molar-refractivity contribution in [3.05, 3.63) is 106 Å². The molecule has 228 valence electrons.